The summed E-state index contributed by atoms with van der Waals surface area (Å²) in [6.45, 7) is 0.661. The predicted octanol–water partition coefficient (Wildman–Crippen LogP) is 2.51. The number of hydrogen-bond donors (Lipinski definition) is 1. The van der Waals surface area contributed by atoms with E-state index in [1.807, 2.05) is 7.05 Å². The maximum absolute atomic E-state index is 12.8. The topological polar surface area (TPSA) is 40.5 Å². The molecule has 2 unspecified atom stereocenters. The first-order chi connectivity index (χ1) is 8.58. The molecule has 0 aliphatic heterocycles. The van der Waals surface area contributed by atoms with Crippen LogP contribution in [0.2, 0.25) is 0 Å². The van der Waals surface area contributed by atoms with Crippen molar-refractivity contribution in [3.63, 3.8) is 0 Å². The minimum atomic E-state index is -0.705. The summed E-state index contributed by atoms with van der Waals surface area (Å²) >= 11 is 0. The molecule has 0 aromatic heterocycles. The van der Waals surface area contributed by atoms with Gasteiger partial charge in [0.25, 0.3) is 0 Å². The molecule has 1 N–H and O–H groups in total. The quantitative estimate of drug-likeness (QED) is 0.893. The van der Waals surface area contributed by atoms with Crippen LogP contribution in [0.5, 0.6) is 0 Å². The van der Waals surface area contributed by atoms with E-state index in [0.717, 1.165) is 24.8 Å². The molecule has 2 rings (SSSR count). The maximum atomic E-state index is 12.8. The first kappa shape index (κ1) is 13.0. The Bertz CT molecular complexity index is 418. The molecule has 1 aliphatic rings. The highest BCUT2D eigenvalue weighted by atomic mass is 19.1. The molecule has 0 saturated heterocycles. The van der Waals surface area contributed by atoms with Crippen molar-refractivity contribution in [2.45, 2.75) is 31.8 Å². The summed E-state index contributed by atoms with van der Waals surface area (Å²) in [6, 6.07) is 6.46. The van der Waals surface area contributed by atoms with Crippen LogP contribution in [0.25, 0.3) is 0 Å². The summed E-state index contributed by atoms with van der Waals surface area (Å²) in [5.74, 6) is -1.22. The summed E-state index contributed by atoms with van der Waals surface area (Å²) in [5.41, 5.74) is 1.01. The van der Waals surface area contributed by atoms with E-state index >= 15 is 0 Å². The van der Waals surface area contributed by atoms with Crippen LogP contribution in [0.3, 0.4) is 0 Å². The van der Waals surface area contributed by atoms with Crippen LogP contribution in [0, 0.1) is 11.7 Å². The summed E-state index contributed by atoms with van der Waals surface area (Å²) < 4.78 is 12.8. The normalized spacial score (nSPS) is 23.5. The molecule has 98 valence electrons. The monoisotopic (exact) mass is 251 g/mol. The first-order valence-electron chi connectivity index (χ1n) is 6.25. The van der Waals surface area contributed by atoms with Crippen molar-refractivity contribution >= 4 is 5.97 Å². The highest BCUT2D eigenvalue weighted by Crippen LogP contribution is 2.30. The largest absolute Gasteiger partial charge is 0.481 e. The van der Waals surface area contributed by atoms with Gasteiger partial charge in [-0.15, -0.1) is 0 Å². The van der Waals surface area contributed by atoms with E-state index in [1.165, 1.54) is 12.1 Å². The van der Waals surface area contributed by atoms with Gasteiger partial charge in [-0.3, -0.25) is 9.69 Å². The van der Waals surface area contributed by atoms with Gasteiger partial charge in [-0.05, 0) is 37.6 Å². The molecular weight excluding hydrogens is 233 g/mol. The molecule has 1 saturated carbocycles. The van der Waals surface area contributed by atoms with E-state index in [0.29, 0.717) is 6.54 Å². The van der Waals surface area contributed by atoms with Gasteiger partial charge in [-0.25, -0.2) is 4.39 Å². The fourth-order valence-electron chi connectivity index (χ4n) is 2.75. The number of carboxylic acid groups (broad SMARTS) is 1. The number of nitrogens with zero attached hydrogens (tertiary/aromatic N) is 1. The number of carboxylic acids is 1. The molecule has 18 heavy (non-hydrogen) atoms. The van der Waals surface area contributed by atoms with Crippen molar-refractivity contribution in [3.05, 3.63) is 35.6 Å². The smallest absolute Gasteiger partial charge is 0.308 e. The lowest BCUT2D eigenvalue weighted by Crippen LogP contribution is -2.37. The number of halogens is 1. The van der Waals surface area contributed by atoms with Gasteiger partial charge in [0, 0.05) is 12.6 Å². The number of benzene rings is 1. The molecular formula is C14H18FNO2. The first-order valence-corrected chi connectivity index (χ1v) is 6.25. The van der Waals surface area contributed by atoms with Crippen molar-refractivity contribution < 1.29 is 14.3 Å². The fraction of sp³-hybridized carbons (Fsp3) is 0.500. The average molecular weight is 251 g/mol. The Balaban J connectivity index is 2.01. The number of rotatable bonds is 4. The van der Waals surface area contributed by atoms with Gasteiger partial charge in [0.05, 0.1) is 5.92 Å². The van der Waals surface area contributed by atoms with E-state index in [-0.39, 0.29) is 17.8 Å². The van der Waals surface area contributed by atoms with E-state index in [9.17, 15) is 9.18 Å². The minimum absolute atomic E-state index is 0.0903. The van der Waals surface area contributed by atoms with Gasteiger partial charge < -0.3 is 5.11 Å². The predicted molar refractivity (Wildman–Crippen MR) is 66.6 cm³/mol. The molecule has 2 atom stereocenters. The molecule has 0 heterocycles. The van der Waals surface area contributed by atoms with E-state index in [2.05, 4.69) is 4.90 Å². The minimum Gasteiger partial charge on any atom is -0.481 e. The second-order valence-corrected chi connectivity index (χ2v) is 4.98. The maximum Gasteiger partial charge on any atom is 0.308 e. The van der Waals surface area contributed by atoms with Crippen LogP contribution in [0.1, 0.15) is 24.8 Å². The highest BCUT2D eigenvalue weighted by Gasteiger charge is 2.35. The summed E-state index contributed by atoms with van der Waals surface area (Å²) in [6.07, 6.45) is 2.65. The van der Waals surface area contributed by atoms with Crippen molar-refractivity contribution in [1.29, 1.82) is 0 Å². The van der Waals surface area contributed by atoms with Gasteiger partial charge in [0.15, 0.2) is 0 Å². The summed E-state index contributed by atoms with van der Waals surface area (Å²) in [7, 11) is 1.94. The SMILES string of the molecule is CN(Cc1ccc(F)cc1)C1CCCC1C(=O)O. The third-order valence-corrected chi connectivity index (χ3v) is 3.71. The standard InChI is InChI=1S/C14H18FNO2/c1-16(9-10-5-7-11(15)8-6-10)13-4-2-3-12(13)14(17)18/h5-8,12-13H,2-4,9H2,1H3,(H,17,18). The zero-order chi connectivity index (χ0) is 13.1. The average Bonchev–Trinajstić information content (AvgIpc) is 2.81. The number of hydrogen-bond acceptors (Lipinski definition) is 2. The molecule has 1 aromatic rings. The van der Waals surface area contributed by atoms with Gasteiger partial charge in [0.2, 0.25) is 0 Å². The molecule has 1 fully saturated rings. The molecule has 0 amide bonds. The molecule has 0 bridgehead atoms. The number of aliphatic carboxylic acids is 1. The van der Waals surface area contributed by atoms with Crippen LogP contribution >= 0.6 is 0 Å². The highest BCUT2D eigenvalue weighted by molar-refractivity contribution is 5.71. The third-order valence-electron chi connectivity index (χ3n) is 3.71. The summed E-state index contributed by atoms with van der Waals surface area (Å²) in [5, 5.41) is 9.16. The third kappa shape index (κ3) is 2.88. The lowest BCUT2D eigenvalue weighted by molar-refractivity contribution is -0.143. The van der Waals surface area contributed by atoms with E-state index in [4.69, 9.17) is 5.11 Å². The Morgan fingerprint density at radius 1 is 1.39 bits per heavy atom. The molecule has 3 nitrogen and oxygen atoms in total. The van der Waals surface area contributed by atoms with Crippen LogP contribution in [-0.2, 0) is 11.3 Å². The zero-order valence-corrected chi connectivity index (χ0v) is 10.5. The van der Waals surface area contributed by atoms with Crippen LogP contribution in [-0.4, -0.2) is 29.1 Å². The van der Waals surface area contributed by atoms with Gasteiger partial charge >= 0.3 is 5.97 Å². The Hall–Kier alpha value is -1.42. The van der Waals surface area contributed by atoms with Crippen LogP contribution in [0.15, 0.2) is 24.3 Å². The Kier molecular flexibility index (Phi) is 3.97. The molecule has 1 aromatic carbocycles. The lowest BCUT2D eigenvalue weighted by atomic mass is 10.0. The van der Waals surface area contributed by atoms with Crippen LogP contribution < -0.4 is 0 Å². The molecule has 4 heteroatoms. The summed E-state index contributed by atoms with van der Waals surface area (Å²) in [4.78, 5) is 13.2. The van der Waals surface area contributed by atoms with Gasteiger partial charge in [-0.2, -0.15) is 0 Å². The van der Waals surface area contributed by atoms with Crippen molar-refractivity contribution in [1.82, 2.24) is 4.90 Å². The van der Waals surface area contributed by atoms with Gasteiger partial charge in [0.1, 0.15) is 5.82 Å². The zero-order valence-electron chi connectivity index (χ0n) is 10.5. The fourth-order valence-corrected chi connectivity index (χ4v) is 2.75. The lowest BCUT2D eigenvalue weighted by Gasteiger charge is -2.27. The second-order valence-electron chi connectivity index (χ2n) is 4.98. The number of carbonyl (C=O) groups is 1. The Morgan fingerprint density at radius 2 is 2.06 bits per heavy atom. The van der Waals surface area contributed by atoms with Crippen molar-refractivity contribution in [2.24, 2.45) is 5.92 Å². The van der Waals surface area contributed by atoms with E-state index < -0.39 is 5.97 Å². The van der Waals surface area contributed by atoms with Gasteiger partial charge in [-0.1, -0.05) is 18.6 Å². The van der Waals surface area contributed by atoms with Crippen molar-refractivity contribution in [2.75, 3.05) is 7.05 Å². The van der Waals surface area contributed by atoms with Crippen molar-refractivity contribution in [3.8, 4) is 0 Å². The molecule has 0 radical (unpaired) electrons. The Labute approximate surface area is 106 Å². The van der Waals surface area contributed by atoms with Crippen LogP contribution in [0.4, 0.5) is 4.39 Å². The Morgan fingerprint density at radius 3 is 2.67 bits per heavy atom. The second kappa shape index (κ2) is 5.48. The van der Waals surface area contributed by atoms with E-state index in [1.54, 1.807) is 12.1 Å². The molecule has 1 aliphatic carbocycles. The molecule has 0 spiro atoms.